The standard InChI is InChI=1S/C22H30N2O5/c1-8-23-15(5)18(14(4)19(23)22(27)28-7)20(25)16(6)24(12-13(2)3)21(26)17-10-9-11-29-17/h9-11,13,16H,8,12H2,1-7H3. The molecule has 0 N–H and O–H groups in total. The number of ether oxygens (including phenoxy) is 1. The van der Waals surface area contributed by atoms with Crippen LogP contribution in [0.3, 0.4) is 0 Å². The van der Waals surface area contributed by atoms with E-state index in [2.05, 4.69) is 0 Å². The number of Topliss-reactive ketones (excluding diaryl/α,β-unsaturated/α-hetero) is 1. The monoisotopic (exact) mass is 402 g/mol. The first-order valence-electron chi connectivity index (χ1n) is 9.82. The van der Waals surface area contributed by atoms with Gasteiger partial charge in [-0.1, -0.05) is 13.8 Å². The predicted molar refractivity (Wildman–Crippen MR) is 109 cm³/mol. The Morgan fingerprint density at radius 1 is 1.21 bits per heavy atom. The lowest BCUT2D eigenvalue weighted by atomic mass is 9.99. The van der Waals surface area contributed by atoms with Crippen molar-refractivity contribution in [3.63, 3.8) is 0 Å². The van der Waals surface area contributed by atoms with Gasteiger partial charge in [0.15, 0.2) is 11.5 Å². The number of ketones is 1. The Balaban J connectivity index is 2.49. The first kappa shape index (κ1) is 22.5. The van der Waals surface area contributed by atoms with E-state index in [9.17, 15) is 14.4 Å². The maximum absolute atomic E-state index is 13.5. The molecular weight excluding hydrogens is 372 g/mol. The molecule has 0 aromatic carbocycles. The smallest absolute Gasteiger partial charge is 0.354 e. The second-order valence-corrected chi connectivity index (χ2v) is 7.54. The number of hydrogen-bond donors (Lipinski definition) is 0. The van der Waals surface area contributed by atoms with E-state index < -0.39 is 12.0 Å². The van der Waals surface area contributed by atoms with Crippen molar-refractivity contribution in [2.45, 2.75) is 54.1 Å². The molecule has 1 amide bonds. The number of aromatic nitrogens is 1. The van der Waals surface area contributed by atoms with Gasteiger partial charge in [0.1, 0.15) is 5.69 Å². The number of esters is 1. The van der Waals surface area contributed by atoms with Crippen molar-refractivity contribution >= 4 is 17.7 Å². The van der Waals surface area contributed by atoms with Gasteiger partial charge in [-0.05, 0) is 51.3 Å². The number of carbonyl (C=O) groups is 3. The van der Waals surface area contributed by atoms with Gasteiger partial charge >= 0.3 is 5.97 Å². The third-order valence-electron chi connectivity index (χ3n) is 5.11. The highest BCUT2D eigenvalue weighted by Crippen LogP contribution is 2.26. The molecule has 0 fully saturated rings. The molecule has 0 radical (unpaired) electrons. The van der Waals surface area contributed by atoms with Crippen LogP contribution in [0.25, 0.3) is 0 Å². The molecule has 0 saturated carbocycles. The molecule has 0 bridgehead atoms. The molecule has 0 aliphatic carbocycles. The van der Waals surface area contributed by atoms with Crippen molar-refractivity contribution in [3.05, 3.63) is 46.7 Å². The zero-order chi connectivity index (χ0) is 21.9. The van der Waals surface area contributed by atoms with Crippen molar-refractivity contribution in [1.82, 2.24) is 9.47 Å². The minimum absolute atomic E-state index is 0.164. The summed E-state index contributed by atoms with van der Waals surface area (Å²) in [6.07, 6.45) is 1.44. The zero-order valence-electron chi connectivity index (χ0n) is 18.2. The van der Waals surface area contributed by atoms with E-state index in [1.165, 1.54) is 18.3 Å². The highest BCUT2D eigenvalue weighted by Gasteiger charge is 2.34. The molecule has 0 spiro atoms. The quantitative estimate of drug-likeness (QED) is 0.494. The largest absolute Gasteiger partial charge is 0.464 e. The first-order chi connectivity index (χ1) is 13.6. The molecule has 2 rings (SSSR count). The molecule has 0 aliphatic heterocycles. The van der Waals surface area contributed by atoms with Crippen LogP contribution in [-0.2, 0) is 11.3 Å². The van der Waals surface area contributed by atoms with Crippen molar-refractivity contribution in [1.29, 1.82) is 0 Å². The van der Waals surface area contributed by atoms with Gasteiger partial charge in [-0.15, -0.1) is 0 Å². The normalized spacial score (nSPS) is 12.1. The minimum atomic E-state index is -0.717. The van der Waals surface area contributed by atoms with Crippen LogP contribution in [0, 0.1) is 19.8 Å². The molecular formula is C22H30N2O5. The van der Waals surface area contributed by atoms with Crippen molar-refractivity contribution in [2.24, 2.45) is 5.92 Å². The average Bonchev–Trinajstić information content (AvgIpc) is 3.30. The second kappa shape index (κ2) is 9.11. The number of furan rings is 1. The zero-order valence-corrected chi connectivity index (χ0v) is 18.2. The molecule has 0 aliphatic rings. The highest BCUT2D eigenvalue weighted by atomic mass is 16.5. The third kappa shape index (κ3) is 4.28. The van der Waals surface area contributed by atoms with Gasteiger partial charge in [0.05, 0.1) is 19.4 Å². The molecule has 7 nitrogen and oxygen atoms in total. The van der Waals surface area contributed by atoms with Gasteiger partial charge in [0, 0.05) is 24.3 Å². The molecule has 1 unspecified atom stereocenters. The Morgan fingerprint density at radius 3 is 2.34 bits per heavy atom. The van der Waals surface area contributed by atoms with Crippen LogP contribution in [0.1, 0.15) is 70.4 Å². The number of amides is 1. The molecule has 7 heteroatoms. The van der Waals surface area contributed by atoms with E-state index >= 15 is 0 Å². The van der Waals surface area contributed by atoms with E-state index in [0.29, 0.717) is 35.6 Å². The summed E-state index contributed by atoms with van der Waals surface area (Å²) in [7, 11) is 1.32. The Kier molecular flexibility index (Phi) is 7.06. The molecule has 1 atom stereocenters. The number of carbonyl (C=O) groups excluding carboxylic acids is 3. The lowest BCUT2D eigenvalue weighted by molar-refractivity contribution is 0.0577. The summed E-state index contributed by atoms with van der Waals surface area (Å²) in [5.74, 6) is -0.664. The maximum Gasteiger partial charge on any atom is 0.354 e. The van der Waals surface area contributed by atoms with Crippen LogP contribution in [0.4, 0.5) is 0 Å². The Morgan fingerprint density at radius 2 is 1.86 bits per heavy atom. The van der Waals surface area contributed by atoms with Gasteiger partial charge < -0.3 is 18.6 Å². The topological polar surface area (TPSA) is 81.8 Å². The number of nitrogens with zero attached hydrogens (tertiary/aromatic N) is 2. The van der Waals surface area contributed by atoms with Crippen LogP contribution in [0.5, 0.6) is 0 Å². The van der Waals surface area contributed by atoms with Gasteiger partial charge in [0.2, 0.25) is 0 Å². The molecule has 0 saturated heterocycles. The average molecular weight is 402 g/mol. The predicted octanol–water partition coefficient (Wildman–Crippen LogP) is 3.87. The van der Waals surface area contributed by atoms with Gasteiger partial charge in [-0.2, -0.15) is 0 Å². The van der Waals surface area contributed by atoms with E-state index in [4.69, 9.17) is 9.15 Å². The van der Waals surface area contributed by atoms with E-state index in [-0.39, 0.29) is 23.4 Å². The Bertz CT molecular complexity index is 893. The fourth-order valence-electron chi connectivity index (χ4n) is 3.72. The van der Waals surface area contributed by atoms with Crippen molar-refractivity contribution < 1.29 is 23.5 Å². The summed E-state index contributed by atoms with van der Waals surface area (Å²) in [6.45, 7) is 12.1. The summed E-state index contributed by atoms with van der Waals surface area (Å²) >= 11 is 0. The lowest BCUT2D eigenvalue weighted by Gasteiger charge is -2.29. The van der Waals surface area contributed by atoms with Gasteiger partial charge in [-0.3, -0.25) is 9.59 Å². The molecule has 2 aromatic heterocycles. The molecule has 2 heterocycles. The third-order valence-corrected chi connectivity index (χ3v) is 5.11. The summed E-state index contributed by atoms with van der Waals surface area (Å²) in [4.78, 5) is 40.3. The molecule has 29 heavy (non-hydrogen) atoms. The minimum Gasteiger partial charge on any atom is -0.464 e. The van der Waals surface area contributed by atoms with Crippen LogP contribution < -0.4 is 0 Å². The molecule has 2 aromatic rings. The number of methoxy groups -OCH3 is 1. The van der Waals surface area contributed by atoms with E-state index in [0.717, 1.165) is 0 Å². The molecule has 158 valence electrons. The second-order valence-electron chi connectivity index (χ2n) is 7.54. The fraction of sp³-hybridized carbons (Fsp3) is 0.500. The number of rotatable bonds is 8. The Labute approximate surface area is 171 Å². The van der Waals surface area contributed by atoms with Gasteiger partial charge in [0.25, 0.3) is 5.91 Å². The van der Waals surface area contributed by atoms with Crippen molar-refractivity contribution in [3.8, 4) is 0 Å². The lowest BCUT2D eigenvalue weighted by Crippen LogP contribution is -2.45. The van der Waals surface area contributed by atoms with Crippen molar-refractivity contribution in [2.75, 3.05) is 13.7 Å². The van der Waals surface area contributed by atoms with Crippen LogP contribution in [0.2, 0.25) is 0 Å². The summed E-state index contributed by atoms with van der Waals surface area (Å²) < 4.78 is 11.9. The SMILES string of the molecule is CCn1c(C)c(C(=O)C(C)N(CC(C)C)C(=O)c2ccco2)c(C)c1C(=O)OC. The van der Waals surface area contributed by atoms with Crippen LogP contribution in [-0.4, -0.2) is 46.8 Å². The highest BCUT2D eigenvalue weighted by molar-refractivity contribution is 6.07. The Hall–Kier alpha value is -2.83. The maximum atomic E-state index is 13.5. The fourth-order valence-corrected chi connectivity index (χ4v) is 3.72. The number of hydrogen-bond acceptors (Lipinski definition) is 5. The van der Waals surface area contributed by atoms with E-state index in [1.807, 2.05) is 27.7 Å². The summed E-state index contributed by atoms with van der Waals surface area (Å²) in [6, 6.07) is 2.52. The van der Waals surface area contributed by atoms with Gasteiger partial charge in [-0.25, -0.2) is 4.79 Å². The summed E-state index contributed by atoms with van der Waals surface area (Å²) in [5, 5.41) is 0. The first-order valence-corrected chi connectivity index (χ1v) is 9.82. The van der Waals surface area contributed by atoms with Crippen LogP contribution >= 0.6 is 0 Å². The van der Waals surface area contributed by atoms with Crippen LogP contribution in [0.15, 0.2) is 22.8 Å². The van der Waals surface area contributed by atoms with E-state index in [1.54, 1.807) is 30.5 Å². The summed E-state index contributed by atoms with van der Waals surface area (Å²) in [5.41, 5.74) is 2.09.